The van der Waals surface area contributed by atoms with Gasteiger partial charge in [0.1, 0.15) is 11.4 Å². The van der Waals surface area contributed by atoms with E-state index >= 15 is 0 Å². The Hall–Kier alpha value is -3.05. The molecule has 0 aliphatic heterocycles. The van der Waals surface area contributed by atoms with Crippen LogP contribution in [0.15, 0.2) is 60.8 Å². The summed E-state index contributed by atoms with van der Waals surface area (Å²) < 4.78 is 5.30. The molecule has 27 heavy (non-hydrogen) atoms. The number of aryl methyl sites for hydroxylation is 1. The molecule has 0 atom stereocenters. The Balaban J connectivity index is 1.70. The number of halogens is 1. The summed E-state index contributed by atoms with van der Waals surface area (Å²) in [6.45, 7) is 2.33. The number of carbonyl (C=O) groups excluding carboxylic acids is 1. The van der Waals surface area contributed by atoms with Gasteiger partial charge < -0.3 is 15.4 Å². The lowest BCUT2D eigenvalue weighted by Gasteiger charge is -2.12. The molecule has 3 aromatic rings. The third-order valence-electron chi connectivity index (χ3n) is 4.09. The number of nitrogens with zero attached hydrogens (tertiary/aromatic N) is 1. The van der Waals surface area contributed by atoms with Crippen LogP contribution in [0.5, 0.6) is 5.75 Å². The van der Waals surface area contributed by atoms with Gasteiger partial charge in [0.2, 0.25) is 0 Å². The maximum Gasteiger partial charge on any atom is 0.270 e. The van der Waals surface area contributed by atoms with Crippen LogP contribution in [0, 0.1) is 6.92 Å². The molecule has 6 heteroatoms. The van der Waals surface area contributed by atoms with Gasteiger partial charge in [-0.1, -0.05) is 29.8 Å². The first kappa shape index (κ1) is 18.7. The van der Waals surface area contributed by atoms with Gasteiger partial charge in [-0.2, -0.15) is 0 Å². The van der Waals surface area contributed by atoms with Crippen molar-refractivity contribution in [2.24, 2.45) is 0 Å². The molecule has 2 N–H and O–H groups in total. The number of pyridine rings is 1. The van der Waals surface area contributed by atoms with Gasteiger partial charge in [0.15, 0.2) is 0 Å². The molecule has 0 saturated heterocycles. The highest BCUT2D eigenvalue weighted by Gasteiger charge is 2.10. The number of para-hydroxylation sites is 1. The topological polar surface area (TPSA) is 63.2 Å². The van der Waals surface area contributed by atoms with Crippen molar-refractivity contribution in [3.63, 3.8) is 0 Å². The zero-order chi connectivity index (χ0) is 19.2. The summed E-state index contributed by atoms with van der Waals surface area (Å²) in [7, 11) is 1.61. The number of methoxy groups -OCH3 is 1. The number of ether oxygens (including phenoxy) is 1. The lowest BCUT2D eigenvalue weighted by Crippen LogP contribution is -2.24. The molecule has 1 aromatic heterocycles. The van der Waals surface area contributed by atoms with Gasteiger partial charge in [0.05, 0.1) is 7.11 Å². The first-order valence-electron chi connectivity index (χ1n) is 8.46. The van der Waals surface area contributed by atoms with Crippen LogP contribution >= 0.6 is 11.6 Å². The van der Waals surface area contributed by atoms with Gasteiger partial charge in [0, 0.05) is 34.7 Å². The SMILES string of the molecule is COc1ccccc1CNC(=O)c1cc(Nc2ccc(Cl)cc2C)ccn1. The molecule has 0 aliphatic carbocycles. The van der Waals surface area contributed by atoms with Gasteiger partial charge in [-0.05, 0) is 48.9 Å². The zero-order valence-corrected chi connectivity index (χ0v) is 15.9. The number of carbonyl (C=O) groups is 1. The van der Waals surface area contributed by atoms with Gasteiger partial charge in [0.25, 0.3) is 5.91 Å². The number of aromatic nitrogens is 1. The van der Waals surface area contributed by atoms with E-state index in [1.807, 2.05) is 55.5 Å². The van der Waals surface area contributed by atoms with E-state index in [0.29, 0.717) is 17.3 Å². The van der Waals surface area contributed by atoms with Crippen molar-refractivity contribution in [2.45, 2.75) is 13.5 Å². The molecule has 5 nitrogen and oxygen atoms in total. The monoisotopic (exact) mass is 381 g/mol. The highest BCUT2D eigenvalue weighted by molar-refractivity contribution is 6.30. The second-order valence-corrected chi connectivity index (χ2v) is 6.44. The highest BCUT2D eigenvalue weighted by Crippen LogP contribution is 2.23. The number of hydrogen-bond acceptors (Lipinski definition) is 4. The van der Waals surface area contributed by atoms with E-state index in [0.717, 1.165) is 28.3 Å². The Morgan fingerprint density at radius 2 is 1.96 bits per heavy atom. The van der Waals surface area contributed by atoms with Crippen LogP contribution in [-0.4, -0.2) is 18.0 Å². The summed E-state index contributed by atoms with van der Waals surface area (Å²) >= 11 is 5.99. The third-order valence-corrected chi connectivity index (χ3v) is 4.33. The summed E-state index contributed by atoms with van der Waals surface area (Å²) in [6.07, 6.45) is 1.60. The van der Waals surface area contributed by atoms with Gasteiger partial charge in [-0.25, -0.2) is 0 Å². The quantitative estimate of drug-likeness (QED) is 0.648. The Labute approximate surface area is 163 Å². The van der Waals surface area contributed by atoms with Crippen molar-refractivity contribution in [2.75, 3.05) is 12.4 Å². The van der Waals surface area contributed by atoms with Crippen molar-refractivity contribution >= 4 is 28.9 Å². The van der Waals surface area contributed by atoms with Crippen LogP contribution in [-0.2, 0) is 6.54 Å². The third kappa shape index (κ3) is 4.77. The molecule has 1 amide bonds. The van der Waals surface area contributed by atoms with Crippen LogP contribution in [0.1, 0.15) is 21.6 Å². The fourth-order valence-electron chi connectivity index (χ4n) is 2.67. The van der Waals surface area contributed by atoms with E-state index < -0.39 is 0 Å². The van der Waals surface area contributed by atoms with E-state index in [1.54, 1.807) is 19.4 Å². The average Bonchev–Trinajstić information content (AvgIpc) is 2.68. The number of nitrogens with one attached hydrogen (secondary N) is 2. The maximum absolute atomic E-state index is 12.5. The van der Waals surface area contributed by atoms with E-state index in [1.165, 1.54) is 0 Å². The van der Waals surface area contributed by atoms with Gasteiger partial charge >= 0.3 is 0 Å². The number of amides is 1. The number of hydrogen-bond donors (Lipinski definition) is 2. The molecular weight excluding hydrogens is 362 g/mol. The van der Waals surface area contributed by atoms with Crippen LogP contribution in [0.25, 0.3) is 0 Å². The van der Waals surface area contributed by atoms with Crippen LogP contribution in [0.3, 0.4) is 0 Å². The smallest absolute Gasteiger partial charge is 0.270 e. The predicted molar refractivity (Wildman–Crippen MR) is 108 cm³/mol. The largest absolute Gasteiger partial charge is 0.496 e. The molecule has 0 bridgehead atoms. The van der Waals surface area contributed by atoms with E-state index in [2.05, 4.69) is 15.6 Å². The van der Waals surface area contributed by atoms with Crippen LogP contribution in [0.2, 0.25) is 5.02 Å². The van der Waals surface area contributed by atoms with Crippen LogP contribution < -0.4 is 15.4 Å². The molecule has 0 fully saturated rings. The fourth-order valence-corrected chi connectivity index (χ4v) is 2.90. The van der Waals surface area contributed by atoms with Crippen molar-refractivity contribution < 1.29 is 9.53 Å². The molecule has 0 saturated carbocycles. The Bertz CT molecular complexity index is 960. The maximum atomic E-state index is 12.5. The van der Waals surface area contributed by atoms with Gasteiger partial charge in [-0.15, -0.1) is 0 Å². The molecule has 1 heterocycles. The Morgan fingerprint density at radius 3 is 2.74 bits per heavy atom. The lowest BCUT2D eigenvalue weighted by molar-refractivity contribution is 0.0945. The van der Waals surface area contributed by atoms with Crippen molar-refractivity contribution in [3.8, 4) is 5.75 Å². The second-order valence-electron chi connectivity index (χ2n) is 6.01. The summed E-state index contributed by atoms with van der Waals surface area (Å²) in [5, 5.41) is 6.85. The first-order chi connectivity index (χ1) is 13.1. The van der Waals surface area contributed by atoms with Crippen molar-refractivity contribution in [3.05, 3.63) is 82.6 Å². The number of rotatable bonds is 6. The standard InChI is InChI=1S/C21H20ClN3O2/c1-14-11-16(22)7-8-18(14)25-17-9-10-23-19(12-17)21(26)24-13-15-5-3-4-6-20(15)27-2/h3-12H,13H2,1-2H3,(H,23,25)(H,24,26). The molecule has 0 unspecified atom stereocenters. The van der Waals surface area contributed by atoms with Crippen molar-refractivity contribution in [1.82, 2.24) is 10.3 Å². The van der Waals surface area contributed by atoms with E-state index in [-0.39, 0.29) is 5.91 Å². The average molecular weight is 382 g/mol. The lowest BCUT2D eigenvalue weighted by atomic mass is 10.2. The minimum Gasteiger partial charge on any atom is -0.496 e. The molecule has 2 aromatic carbocycles. The van der Waals surface area contributed by atoms with Crippen LogP contribution in [0.4, 0.5) is 11.4 Å². The molecule has 3 rings (SSSR count). The minimum absolute atomic E-state index is 0.252. The number of benzene rings is 2. The minimum atomic E-state index is -0.252. The second kappa shape index (κ2) is 8.56. The molecule has 0 spiro atoms. The van der Waals surface area contributed by atoms with E-state index in [4.69, 9.17) is 16.3 Å². The normalized spacial score (nSPS) is 10.3. The summed E-state index contributed by atoms with van der Waals surface area (Å²) in [5.41, 5.74) is 3.95. The van der Waals surface area contributed by atoms with E-state index in [9.17, 15) is 4.79 Å². The molecule has 0 radical (unpaired) electrons. The molecule has 138 valence electrons. The summed E-state index contributed by atoms with van der Waals surface area (Å²) in [6, 6.07) is 16.7. The fraction of sp³-hybridized carbons (Fsp3) is 0.143. The summed E-state index contributed by atoms with van der Waals surface area (Å²) in [4.78, 5) is 16.6. The predicted octanol–water partition coefficient (Wildman–Crippen LogP) is 4.73. The molecule has 0 aliphatic rings. The first-order valence-corrected chi connectivity index (χ1v) is 8.84. The zero-order valence-electron chi connectivity index (χ0n) is 15.1. The Morgan fingerprint density at radius 1 is 1.15 bits per heavy atom. The van der Waals surface area contributed by atoms with Gasteiger partial charge in [-0.3, -0.25) is 9.78 Å². The Kier molecular flexibility index (Phi) is 5.94. The number of anilines is 2. The van der Waals surface area contributed by atoms with Crippen molar-refractivity contribution in [1.29, 1.82) is 0 Å². The molecular formula is C21H20ClN3O2. The summed E-state index contributed by atoms with van der Waals surface area (Å²) in [5.74, 6) is 0.483. The highest BCUT2D eigenvalue weighted by atomic mass is 35.5.